The molecule has 0 radical (unpaired) electrons. The van der Waals surface area contributed by atoms with E-state index in [1.807, 2.05) is 20.8 Å². The number of nitrogens with zero attached hydrogens (tertiary/aromatic N) is 2. The first-order valence-corrected chi connectivity index (χ1v) is 14.0. The normalized spacial score (nSPS) is 13.5. The number of aliphatic carboxylic acids is 1. The van der Waals surface area contributed by atoms with Crippen LogP contribution in [0.4, 0.5) is 0 Å². The second kappa shape index (κ2) is 12.3. The van der Waals surface area contributed by atoms with Crippen molar-refractivity contribution in [1.82, 2.24) is 10.4 Å². The van der Waals surface area contributed by atoms with Crippen LogP contribution < -0.4 is 26.4 Å². The van der Waals surface area contributed by atoms with Gasteiger partial charge in [-0.1, -0.05) is 39.0 Å². The van der Waals surface area contributed by atoms with Gasteiger partial charge in [0.2, 0.25) is 6.79 Å². The first-order valence-electron chi connectivity index (χ1n) is 12.3. The number of ether oxygens (including phenoxy) is 2. The smallest absolute Gasteiger partial charge is 0.328 e. The van der Waals surface area contributed by atoms with Crippen LogP contribution >= 0.6 is 0 Å². The van der Waals surface area contributed by atoms with Crippen LogP contribution in [0.25, 0.3) is 0 Å². The van der Waals surface area contributed by atoms with Gasteiger partial charge in [0.05, 0.1) is 4.90 Å². The fourth-order valence-electron chi connectivity index (χ4n) is 3.93. The van der Waals surface area contributed by atoms with Crippen molar-refractivity contribution < 1.29 is 32.6 Å². The standard InChI is InChI=1S/C26H35N5O7S/c1-26(2,3)18-7-9-19(10-8-18)39(35,36)15-23(32)31(20(24(33)34)5-4-12-29-25(27)28)30-14-17-6-11-21-22(13-17)38-16-37-21/h6-11,13,20,30H,4-5,12,14-16H2,1-3H3,(H,33,34)(H4,27,28,29)/t20-/m0/s1. The lowest BCUT2D eigenvalue weighted by molar-refractivity contribution is -0.152. The number of aliphatic imine (C=N–C) groups is 1. The molecule has 12 nitrogen and oxygen atoms in total. The van der Waals surface area contributed by atoms with Crippen molar-refractivity contribution in [2.24, 2.45) is 16.5 Å². The van der Waals surface area contributed by atoms with Crippen LogP contribution in [-0.2, 0) is 31.4 Å². The number of rotatable bonds is 12. The Bertz CT molecular complexity index is 1320. The summed E-state index contributed by atoms with van der Waals surface area (Å²) in [6.45, 7) is 6.27. The first kappa shape index (κ1) is 29.7. The molecular weight excluding hydrogens is 526 g/mol. The number of amides is 1. The fourth-order valence-corrected chi connectivity index (χ4v) is 5.11. The van der Waals surface area contributed by atoms with E-state index >= 15 is 0 Å². The van der Waals surface area contributed by atoms with E-state index in [0.29, 0.717) is 17.1 Å². The van der Waals surface area contributed by atoms with Gasteiger partial charge in [0.25, 0.3) is 5.91 Å². The summed E-state index contributed by atoms with van der Waals surface area (Å²) in [5, 5.41) is 10.8. The molecule has 0 fully saturated rings. The van der Waals surface area contributed by atoms with Crippen molar-refractivity contribution in [3.8, 4) is 11.5 Å². The third kappa shape index (κ3) is 8.07. The Labute approximate surface area is 227 Å². The van der Waals surface area contributed by atoms with E-state index in [9.17, 15) is 23.1 Å². The van der Waals surface area contributed by atoms with Crippen molar-refractivity contribution in [1.29, 1.82) is 0 Å². The second-order valence-electron chi connectivity index (χ2n) is 10.1. The molecule has 212 valence electrons. The lowest BCUT2D eigenvalue weighted by Crippen LogP contribution is -2.54. The van der Waals surface area contributed by atoms with Gasteiger partial charge in [-0.05, 0) is 53.6 Å². The first-order chi connectivity index (χ1) is 18.3. The van der Waals surface area contributed by atoms with E-state index in [2.05, 4.69) is 10.4 Å². The zero-order chi connectivity index (χ0) is 28.8. The number of fused-ring (bicyclic) bond motifs is 1. The number of guanidine groups is 1. The van der Waals surface area contributed by atoms with Gasteiger partial charge in [0, 0.05) is 13.1 Å². The molecule has 0 bridgehead atoms. The minimum absolute atomic E-state index is 0.0215. The number of nitrogens with two attached hydrogens (primary N) is 2. The quantitative estimate of drug-likeness (QED) is 0.128. The molecule has 39 heavy (non-hydrogen) atoms. The monoisotopic (exact) mass is 561 g/mol. The van der Waals surface area contributed by atoms with Gasteiger partial charge in [0.15, 0.2) is 27.3 Å². The van der Waals surface area contributed by atoms with Crippen LogP contribution in [-0.4, -0.2) is 61.5 Å². The third-order valence-electron chi connectivity index (χ3n) is 6.08. The average Bonchev–Trinajstić information content (AvgIpc) is 3.32. The minimum Gasteiger partial charge on any atom is -0.480 e. The van der Waals surface area contributed by atoms with Gasteiger partial charge in [-0.2, -0.15) is 0 Å². The molecule has 0 saturated heterocycles. The van der Waals surface area contributed by atoms with Crippen molar-refractivity contribution in [3.05, 3.63) is 53.6 Å². The lowest BCUT2D eigenvalue weighted by atomic mass is 9.87. The molecule has 3 rings (SSSR count). The Balaban J connectivity index is 1.82. The largest absolute Gasteiger partial charge is 0.480 e. The number of hydrazine groups is 1. The predicted molar refractivity (Wildman–Crippen MR) is 145 cm³/mol. The lowest BCUT2D eigenvalue weighted by Gasteiger charge is -2.29. The highest BCUT2D eigenvalue weighted by atomic mass is 32.2. The molecule has 13 heteroatoms. The Hall–Kier alpha value is -3.84. The summed E-state index contributed by atoms with van der Waals surface area (Å²) in [5.74, 6) is -2.20. The van der Waals surface area contributed by atoms with Crippen molar-refractivity contribution in [2.45, 2.75) is 56.5 Å². The maximum absolute atomic E-state index is 13.4. The van der Waals surface area contributed by atoms with Crippen LogP contribution in [0.3, 0.4) is 0 Å². The van der Waals surface area contributed by atoms with Crippen LogP contribution in [0.2, 0.25) is 0 Å². The van der Waals surface area contributed by atoms with E-state index in [1.165, 1.54) is 12.1 Å². The molecule has 1 heterocycles. The minimum atomic E-state index is -4.07. The van der Waals surface area contributed by atoms with Crippen LogP contribution in [0.15, 0.2) is 52.4 Å². The molecular formula is C26H35N5O7S. The SMILES string of the molecule is CC(C)(C)c1ccc(S(=O)(=O)CC(=O)N(NCc2ccc3c(c2)OCO3)[C@@H](CCCN=C(N)N)C(=O)O)cc1. The number of benzene rings is 2. The van der Waals surface area contributed by atoms with Gasteiger partial charge in [-0.25, -0.2) is 18.6 Å². The van der Waals surface area contributed by atoms with Crippen molar-refractivity contribution in [2.75, 3.05) is 19.1 Å². The summed E-state index contributed by atoms with van der Waals surface area (Å²) in [6.07, 6.45) is 0.220. The summed E-state index contributed by atoms with van der Waals surface area (Å²) in [4.78, 5) is 29.4. The summed E-state index contributed by atoms with van der Waals surface area (Å²) in [5.41, 5.74) is 14.9. The zero-order valence-electron chi connectivity index (χ0n) is 22.2. The van der Waals surface area contributed by atoms with Crippen LogP contribution in [0.1, 0.15) is 44.7 Å². The molecule has 0 saturated carbocycles. The second-order valence-corrected chi connectivity index (χ2v) is 12.1. The molecule has 1 aliphatic heterocycles. The third-order valence-corrected chi connectivity index (χ3v) is 7.70. The van der Waals surface area contributed by atoms with E-state index in [0.717, 1.165) is 10.6 Å². The molecule has 1 atom stereocenters. The molecule has 0 unspecified atom stereocenters. The van der Waals surface area contributed by atoms with E-state index in [1.54, 1.807) is 30.3 Å². The molecule has 1 aliphatic rings. The zero-order valence-corrected chi connectivity index (χ0v) is 23.0. The highest BCUT2D eigenvalue weighted by Gasteiger charge is 2.33. The molecule has 0 spiro atoms. The van der Waals surface area contributed by atoms with E-state index < -0.39 is 33.5 Å². The molecule has 0 aromatic heterocycles. The van der Waals surface area contributed by atoms with Gasteiger partial charge in [0.1, 0.15) is 11.8 Å². The highest BCUT2D eigenvalue weighted by molar-refractivity contribution is 7.92. The van der Waals surface area contributed by atoms with Crippen molar-refractivity contribution >= 4 is 27.7 Å². The topological polar surface area (TPSA) is 187 Å². The number of carboxylic acid groups (broad SMARTS) is 1. The van der Waals surface area contributed by atoms with Gasteiger partial charge in [-0.15, -0.1) is 0 Å². The number of carbonyl (C=O) groups is 2. The van der Waals surface area contributed by atoms with Gasteiger partial charge < -0.3 is 26.0 Å². The number of hydrogen-bond donors (Lipinski definition) is 4. The average molecular weight is 562 g/mol. The molecule has 2 aromatic rings. The molecule has 0 aliphatic carbocycles. The summed E-state index contributed by atoms with van der Waals surface area (Å²) >= 11 is 0. The maximum atomic E-state index is 13.4. The van der Waals surface area contributed by atoms with Crippen LogP contribution in [0.5, 0.6) is 11.5 Å². The Morgan fingerprint density at radius 1 is 1.10 bits per heavy atom. The summed E-state index contributed by atoms with van der Waals surface area (Å²) in [6, 6.07) is 10.1. The highest BCUT2D eigenvalue weighted by Crippen LogP contribution is 2.32. The predicted octanol–water partition coefficient (Wildman–Crippen LogP) is 1.53. The number of sulfone groups is 1. The van der Waals surface area contributed by atoms with Crippen LogP contribution in [0, 0.1) is 0 Å². The number of carbonyl (C=O) groups excluding carboxylic acids is 1. The van der Waals surface area contributed by atoms with E-state index in [4.69, 9.17) is 20.9 Å². The Morgan fingerprint density at radius 2 is 1.77 bits per heavy atom. The Morgan fingerprint density at radius 3 is 2.38 bits per heavy atom. The number of hydrogen-bond acceptors (Lipinski definition) is 8. The van der Waals surface area contributed by atoms with E-state index in [-0.39, 0.29) is 49.0 Å². The van der Waals surface area contributed by atoms with Crippen molar-refractivity contribution in [3.63, 3.8) is 0 Å². The molecule has 1 amide bonds. The fraction of sp³-hybridized carbons (Fsp3) is 0.423. The van der Waals surface area contributed by atoms with Gasteiger partial charge in [-0.3, -0.25) is 14.8 Å². The van der Waals surface area contributed by atoms with Gasteiger partial charge >= 0.3 is 5.97 Å². The summed E-state index contributed by atoms with van der Waals surface area (Å²) < 4.78 is 37.0. The molecule has 2 aromatic carbocycles. The Kier molecular flexibility index (Phi) is 9.41. The number of carboxylic acids is 1. The number of nitrogens with one attached hydrogen (secondary N) is 1. The molecule has 6 N–H and O–H groups in total. The summed E-state index contributed by atoms with van der Waals surface area (Å²) in [7, 11) is -4.07. The maximum Gasteiger partial charge on any atom is 0.328 e.